The van der Waals surface area contributed by atoms with Crippen molar-refractivity contribution in [3.63, 3.8) is 0 Å². The third kappa shape index (κ3) is 5.00. The van der Waals surface area contributed by atoms with Gasteiger partial charge in [-0.3, -0.25) is 9.10 Å². The molecule has 1 aliphatic heterocycles. The molecule has 1 amide bonds. The van der Waals surface area contributed by atoms with Crippen LogP contribution in [0.4, 0.5) is 5.69 Å². The van der Waals surface area contributed by atoms with Crippen molar-refractivity contribution in [3.8, 4) is 11.5 Å². The van der Waals surface area contributed by atoms with Crippen molar-refractivity contribution in [1.82, 2.24) is 5.32 Å². The summed E-state index contributed by atoms with van der Waals surface area (Å²) >= 11 is 0. The maximum atomic E-state index is 12.6. The van der Waals surface area contributed by atoms with Crippen LogP contribution in [0, 0.1) is 20.8 Å². The van der Waals surface area contributed by atoms with Gasteiger partial charge in [0.2, 0.25) is 10.0 Å². The molecule has 156 valence electrons. The van der Waals surface area contributed by atoms with Crippen LogP contribution in [-0.4, -0.2) is 46.4 Å². The lowest BCUT2D eigenvalue weighted by molar-refractivity contribution is -0.127. The molecule has 1 N–H and O–H groups in total. The van der Waals surface area contributed by atoms with Gasteiger partial charge in [0.25, 0.3) is 5.91 Å². The zero-order valence-electron chi connectivity index (χ0n) is 17.1. The van der Waals surface area contributed by atoms with Crippen molar-refractivity contribution in [2.75, 3.05) is 30.3 Å². The van der Waals surface area contributed by atoms with Crippen molar-refractivity contribution in [3.05, 3.63) is 53.1 Å². The standard InChI is InChI=1S/C21H26N2O5S/c1-14-5-7-18(16(3)11-14)27-10-9-22-21(24)20-13-23(29(4,25)26)17-12-15(2)6-8-19(17)28-20/h5-8,11-12,20H,9-10,13H2,1-4H3,(H,22,24). The van der Waals surface area contributed by atoms with E-state index >= 15 is 0 Å². The predicted molar refractivity (Wildman–Crippen MR) is 112 cm³/mol. The quantitative estimate of drug-likeness (QED) is 0.728. The number of rotatable bonds is 6. The number of carbonyl (C=O) groups excluding carboxylic acids is 1. The molecule has 1 atom stereocenters. The van der Waals surface area contributed by atoms with Gasteiger partial charge in [-0.05, 0) is 50.1 Å². The van der Waals surface area contributed by atoms with Crippen LogP contribution in [0.5, 0.6) is 11.5 Å². The summed E-state index contributed by atoms with van der Waals surface area (Å²) < 4.78 is 37.1. The molecule has 8 heteroatoms. The van der Waals surface area contributed by atoms with E-state index in [1.807, 2.05) is 45.0 Å². The van der Waals surface area contributed by atoms with Gasteiger partial charge in [0.15, 0.2) is 6.10 Å². The molecule has 2 aromatic carbocycles. The monoisotopic (exact) mass is 418 g/mol. The lowest BCUT2D eigenvalue weighted by Crippen LogP contribution is -2.51. The van der Waals surface area contributed by atoms with Gasteiger partial charge in [0.05, 0.1) is 25.0 Å². The third-order valence-electron chi connectivity index (χ3n) is 4.67. The summed E-state index contributed by atoms with van der Waals surface area (Å²) in [4.78, 5) is 12.6. The molecule has 0 saturated carbocycles. The van der Waals surface area contributed by atoms with Crippen LogP contribution in [-0.2, 0) is 14.8 Å². The minimum atomic E-state index is -3.54. The lowest BCUT2D eigenvalue weighted by atomic mass is 10.1. The van der Waals surface area contributed by atoms with Crippen molar-refractivity contribution in [2.24, 2.45) is 0 Å². The molecule has 2 aromatic rings. The summed E-state index contributed by atoms with van der Waals surface area (Å²) in [7, 11) is -3.54. The molecule has 29 heavy (non-hydrogen) atoms. The average Bonchev–Trinajstić information content (AvgIpc) is 2.64. The number of ether oxygens (including phenoxy) is 2. The van der Waals surface area contributed by atoms with Crippen molar-refractivity contribution < 1.29 is 22.7 Å². The molecule has 0 saturated heterocycles. The molecule has 0 aliphatic carbocycles. The van der Waals surface area contributed by atoms with Gasteiger partial charge in [0, 0.05) is 0 Å². The number of hydrogen-bond acceptors (Lipinski definition) is 5. The number of benzene rings is 2. The minimum Gasteiger partial charge on any atom is -0.491 e. The maximum Gasteiger partial charge on any atom is 0.263 e. The largest absolute Gasteiger partial charge is 0.491 e. The van der Waals surface area contributed by atoms with E-state index in [-0.39, 0.29) is 19.0 Å². The third-order valence-corrected chi connectivity index (χ3v) is 5.81. The smallest absolute Gasteiger partial charge is 0.263 e. The Kier molecular flexibility index (Phi) is 6.02. The second-order valence-corrected chi connectivity index (χ2v) is 9.19. The Morgan fingerprint density at radius 3 is 2.55 bits per heavy atom. The molecule has 0 bridgehead atoms. The summed E-state index contributed by atoms with van der Waals surface area (Å²) in [5.41, 5.74) is 3.55. The highest BCUT2D eigenvalue weighted by Crippen LogP contribution is 2.35. The number of aryl methyl sites for hydroxylation is 3. The van der Waals surface area contributed by atoms with Crippen molar-refractivity contribution >= 4 is 21.6 Å². The first-order valence-electron chi connectivity index (χ1n) is 9.38. The second kappa shape index (κ2) is 8.32. The summed E-state index contributed by atoms with van der Waals surface area (Å²) in [5.74, 6) is 0.763. The van der Waals surface area contributed by atoms with E-state index in [4.69, 9.17) is 9.47 Å². The van der Waals surface area contributed by atoms with E-state index < -0.39 is 16.1 Å². The van der Waals surface area contributed by atoms with Gasteiger partial charge in [-0.2, -0.15) is 0 Å². The van der Waals surface area contributed by atoms with Crippen LogP contribution in [0.25, 0.3) is 0 Å². The number of sulfonamides is 1. The Labute approximate surface area is 171 Å². The van der Waals surface area contributed by atoms with E-state index in [2.05, 4.69) is 5.32 Å². The van der Waals surface area contributed by atoms with Crippen LogP contribution in [0.1, 0.15) is 16.7 Å². The summed E-state index contributed by atoms with van der Waals surface area (Å²) in [6, 6.07) is 11.1. The van der Waals surface area contributed by atoms with Crippen LogP contribution in [0.2, 0.25) is 0 Å². The highest BCUT2D eigenvalue weighted by Gasteiger charge is 2.34. The summed E-state index contributed by atoms with van der Waals surface area (Å²) in [6.45, 7) is 6.37. The van der Waals surface area contributed by atoms with Crippen LogP contribution >= 0.6 is 0 Å². The summed E-state index contributed by atoms with van der Waals surface area (Å²) in [6.07, 6.45) is 0.193. The minimum absolute atomic E-state index is 0.0704. The molecule has 3 rings (SSSR count). The Hall–Kier alpha value is -2.74. The van der Waals surface area contributed by atoms with E-state index in [0.29, 0.717) is 18.0 Å². The van der Waals surface area contributed by atoms with E-state index in [1.54, 1.807) is 12.1 Å². The van der Waals surface area contributed by atoms with Gasteiger partial charge < -0.3 is 14.8 Å². The van der Waals surface area contributed by atoms with Gasteiger partial charge in [-0.25, -0.2) is 8.42 Å². The molecule has 1 aliphatic rings. The molecule has 0 aromatic heterocycles. The Balaban J connectivity index is 1.61. The molecule has 1 unspecified atom stereocenters. The number of carbonyl (C=O) groups is 1. The topological polar surface area (TPSA) is 84.9 Å². The zero-order chi connectivity index (χ0) is 21.2. The van der Waals surface area contributed by atoms with Gasteiger partial charge >= 0.3 is 0 Å². The predicted octanol–water partition coefficient (Wildman–Crippen LogP) is 2.33. The highest BCUT2D eigenvalue weighted by molar-refractivity contribution is 7.92. The van der Waals surface area contributed by atoms with Gasteiger partial charge in [-0.15, -0.1) is 0 Å². The van der Waals surface area contributed by atoms with Crippen molar-refractivity contribution in [2.45, 2.75) is 26.9 Å². The van der Waals surface area contributed by atoms with Gasteiger partial charge in [0.1, 0.15) is 18.1 Å². The second-order valence-electron chi connectivity index (χ2n) is 7.28. The number of nitrogens with zero attached hydrogens (tertiary/aromatic N) is 1. The highest BCUT2D eigenvalue weighted by atomic mass is 32.2. The van der Waals surface area contributed by atoms with E-state index in [1.165, 1.54) is 4.31 Å². The summed E-state index contributed by atoms with van der Waals surface area (Å²) in [5, 5.41) is 2.76. The van der Waals surface area contributed by atoms with Crippen LogP contribution < -0.4 is 19.1 Å². The maximum absolute atomic E-state index is 12.6. The fourth-order valence-electron chi connectivity index (χ4n) is 3.22. The average molecular weight is 419 g/mol. The molecule has 7 nitrogen and oxygen atoms in total. The molecule has 0 radical (unpaired) electrons. The van der Waals surface area contributed by atoms with Gasteiger partial charge in [-0.1, -0.05) is 23.8 Å². The SMILES string of the molecule is Cc1ccc(OCCNC(=O)C2CN(S(C)(=O)=O)c3cc(C)ccc3O2)c(C)c1. The first-order chi connectivity index (χ1) is 13.6. The number of fused-ring (bicyclic) bond motifs is 1. The first kappa shape index (κ1) is 21.0. The molecule has 1 heterocycles. The fourth-order valence-corrected chi connectivity index (χ4v) is 4.13. The van der Waals surface area contributed by atoms with E-state index in [0.717, 1.165) is 28.7 Å². The Morgan fingerprint density at radius 1 is 1.17 bits per heavy atom. The normalized spacial score (nSPS) is 16.0. The molecule has 0 spiro atoms. The Morgan fingerprint density at radius 2 is 1.86 bits per heavy atom. The number of anilines is 1. The first-order valence-corrected chi connectivity index (χ1v) is 11.2. The number of nitrogens with one attached hydrogen (secondary N) is 1. The lowest BCUT2D eigenvalue weighted by Gasteiger charge is -2.34. The Bertz CT molecular complexity index is 1020. The number of amides is 1. The molecule has 0 fully saturated rings. The zero-order valence-corrected chi connectivity index (χ0v) is 17.9. The molecular formula is C21H26N2O5S. The van der Waals surface area contributed by atoms with Crippen LogP contribution in [0.3, 0.4) is 0 Å². The van der Waals surface area contributed by atoms with Crippen LogP contribution in [0.15, 0.2) is 36.4 Å². The molecular weight excluding hydrogens is 392 g/mol. The fraction of sp³-hybridized carbons (Fsp3) is 0.381. The van der Waals surface area contributed by atoms with E-state index in [9.17, 15) is 13.2 Å². The number of hydrogen-bond donors (Lipinski definition) is 1. The van der Waals surface area contributed by atoms with Crippen molar-refractivity contribution in [1.29, 1.82) is 0 Å².